The molecule has 1 aromatic carbocycles. The van der Waals surface area contributed by atoms with E-state index in [0.717, 1.165) is 0 Å². The fourth-order valence-corrected chi connectivity index (χ4v) is 2.01. The molecule has 1 atom stereocenters. The first-order chi connectivity index (χ1) is 12.8. The van der Waals surface area contributed by atoms with Crippen LogP contribution in [0.15, 0.2) is 36.4 Å². The minimum absolute atomic E-state index is 0.0332. The maximum Gasteiger partial charge on any atom is 0.267 e. The van der Waals surface area contributed by atoms with E-state index >= 15 is 0 Å². The summed E-state index contributed by atoms with van der Waals surface area (Å²) in [7, 11) is 0. The lowest BCUT2D eigenvalue weighted by Crippen LogP contribution is -2.61. The first kappa shape index (κ1) is 22.2. The number of ether oxygens (including phenoxy) is 1. The molecule has 0 spiro atoms. The van der Waals surface area contributed by atoms with Crippen LogP contribution in [0.5, 0.6) is 5.75 Å². The van der Waals surface area contributed by atoms with Crippen LogP contribution in [0.1, 0.15) is 30.6 Å². The van der Waals surface area contributed by atoms with Crippen molar-refractivity contribution in [3.8, 4) is 17.6 Å². The van der Waals surface area contributed by atoms with Crippen molar-refractivity contribution in [2.45, 2.75) is 31.8 Å². The minimum Gasteiger partial charge on any atom is -0.490 e. The molecule has 0 radical (unpaired) electrons. The normalized spacial score (nSPS) is 12.0. The Morgan fingerprint density at radius 1 is 1.33 bits per heavy atom. The molecule has 0 unspecified atom stereocenters. The summed E-state index contributed by atoms with van der Waals surface area (Å²) in [5.74, 6) is 4.76. The second-order valence-electron chi connectivity index (χ2n) is 6.24. The lowest BCUT2D eigenvalue weighted by molar-refractivity contribution is -0.132. The van der Waals surface area contributed by atoms with E-state index in [1.54, 1.807) is 50.3 Å². The van der Waals surface area contributed by atoms with Gasteiger partial charge in [-0.3, -0.25) is 14.8 Å². The molecule has 0 aliphatic heterocycles. The maximum atomic E-state index is 12.3. The Labute approximate surface area is 158 Å². The number of allylic oxidation sites excluding steroid dienone is 1. The fourth-order valence-electron chi connectivity index (χ4n) is 2.01. The highest BCUT2D eigenvalue weighted by Gasteiger charge is 2.33. The number of hydroxylamine groups is 1. The molecule has 27 heavy (non-hydrogen) atoms. The summed E-state index contributed by atoms with van der Waals surface area (Å²) in [6.07, 6.45) is 3.79. The second-order valence-corrected chi connectivity index (χ2v) is 6.24. The predicted octanol–water partition coefficient (Wildman–Crippen LogP) is 0.349. The Hall–Kier alpha value is -2.86. The van der Waals surface area contributed by atoms with E-state index in [-0.39, 0.29) is 6.61 Å². The number of hydrogen-bond donors (Lipinski definition) is 5. The van der Waals surface area contributed by atoms with Crippen molar-refractivity contribution in [3.05, 3.63) is 42.0 Å². The molecule has 2 amide bonds. The second kappa shape index (κ2) is 11.0. The topological polar surface area (TPSA) is 134 Å². The predicted molar refractivity (Wildman–Crippen MR) is 100 cm³/mol. The van der Waals surface area contributed by atoms with E-state index < -0.39 is 23.4 Å². The number of carbonyl (C=O) groups is 2. The van der Waals surface area contributed by atoms with Gasteiger partial charge < -0.3 is 20.9 Å². The number of nitrogens with one attached hydrogen (secondary N) is 2. The van der Waals surface area contributed by atoms with Crippen LogP contribution >= 0.6 is 0 Å². The summed E-state index contributed by atoms with van der Waals surface area (Å²) in [5, 5.41) is 19.9. The van der Waals surface area contributed by atoms with Gasteiger partial charge in [-0.15, -0.1) is 0 Å². The van der Waals surface area contributed by atoms with E-state index in [1.807, 2.05) is 0 Å². The van der Waals surface area contributed by atoms with Gasteiger partial charge in [0.2, 0.25) is 0 Å². The zero-order valence-electron chi connectivity index (χ0n) is 15.4. The number of carbonyl (C=O) groups excluding carboxylic acids is 2. The number of hydrogen-bond acceptors (Lipinski definition) is 6. The highest BCUT2D eigenvalue weighted by atomic mass is 16.5. The molecule has 0 aromatic heterocycles. The zero-order chi connectivity index (χ0) is 20.3. The van der Waals surface area contributed by atoms with Gasteiger partial charge in [0.15, 0.2) is 0 Å². The minimum atomic E-state index is -1.11. The summed E-state index contributed by atoms with van der Waals surface area (Å²) in [5.41, 5.74) is 6.62. The number of amides is 2. The lowest BCUT2D eigenvalue weighted by Gasteiger charge is -2.29. The van der Waals surface area contributed by atoms with Crippen molar-refractivity contribution in [2.75, 3.05) is 13.2 Å². The first-order valence-corrected chi connectivity index (χ1v) is 8.30. The molecule has 1 aromatic rings. The van der Waals surface area contributed by atoms with Gasteiger partial charge in [-0.2, -0.15) is 0 Å². The first-order valence-electron chi connectivity index (χ1n) is 8.30. The maximum absolute atomic E-state index is 12.3. The summed E-state index contributed by atoms with van der Waals surface area (Å²) in [6, 6.07) is 5.23. The van der Waals surface area contributed by atoms with Crippen LogP contribution in [-0.4, -0.2) is 46.9 Å². The van der Waals surface area contributed by atoms with Gasteiger partial charge in [0, 0.05) is 17.5 Å². The zero-order valence-corrected chi connectivity index (χ0v) is 15.4. The molecule has 0 saturated heterocycles. The van der Waals surface area contributed by atoms with Crippen LogP contribution in [0.2, 0.25) is 0 Å². The van der Waals surface area contributed by atoms with Crippen molar-refractivity contribution in [2.24, 2.45) is 5.73 Å². The third kappa shape index (κ3) is 7.92. The standard InChI is InChI=1S/C19H25N3O5/c1-19(2,20)16(18(25)22-26)21-17(24)14-8-10-15(11-9-14)27-13-7-5-3-4-6-12-23/h5,7-11,16,23,26H,6,12-13,20H2,1-2H3,(H,21,24)(H,22,25)/b7-5+/t16-/m1/s1. The molecular weight excluding hydrogens is 350 g/mol. The van der Waals surface area contributed by atoms with E-state index in [2.05, 4.69) is 17.2 Å². The Morgan fingerprint density at radius 3 is 2.56 bits per heavy atom. The molecule has 0 aliphatic carbocycles. The van der Waals surface area contributed by atoms with Crippen molar-refractivity contribution < 1.29 is 24.6 Å². The number of aliphatic hydroxyl groups excluding tert-OH is 1. The van der Waals surface area contributed by atoms with Gasteiger partial charge in [-0.05, 0) is 50.3 Å². The monoisotopic (exact) mass is 375 g/mol. The summed E-state index contributed by atoms with van der Waals surface area (Å²) >= 11 is 0. The van der Waals surface area contributed by atoms with Crippen molar-refractivity contribution in [1.29, 1.82) is 0 Å². The molecule has 146 valence electrons. The Balaban J connectivity index is 2.63. The van der Waals surface area contributed by atoms with Crippen LogP contribution in [0, 0.1) is 11.8 Å². The Bertz CT molecular complexity index is 712. The fraction of sp³-hybridized carbons (Fsp3) is 0.368. The van der Waals surface area contributed by atoms with Crippen molar-refractivity contribution in [1.82, 2.24) is 10.8 Å². The van der Waals surface area contributed by atoms with Gasteiger partial charge >= 0.3 is 0 Å². The largest absolute Gasteiger partial charge is 0.490 e. The van der Waals surface area contributed by atoms with E-state index in [1.165, 1.54) is 5.48 Å². The quantitative estimate of drug-likeness (QED) is 0.253. The molecule has 6 N–H and O–H groups in total. The van der Waals surface area contributed by atoms with E-state index in [4.69, 9.17) is 20.8 Å². The summed E-state index contributed by atoms with van der Waals surface area (Å²) in [4.78, 5) is 24.0. The molecular formula is C19H25N3O5. The van der Waals surface area contributed by atoms with Crippen LogP contribution < -0.4 is 21.3 Å². The number of aliphatic hydroxyl groups is 1. The number of benzene rings is 1. The molecule has 0 fully saturated rings. The van der Waals surface area contributed by atoms with Crippen LogP contribution in [0.4, 0.5) is 0 Å². The number of rotatable bonds is 8. The van der Waals surface area contributed by atoms with Gasteiger partial charge in [0.1, 0.15) is 18.4 Å². The van der Waals surface area contributed by atoms with Crippen LogP contribution in [-0.2, 0) is 4.79 Å². The van der Waals surface area contributed by atoms with Crippen LogP contribution in [0.25, 0.3) is 0 Å². The van der Waals surface area contributed by atoms with Crippen molar-refractivity contribution in [3.63, 3.8) is 0 Å². The molecule has 0 aliphatic rings. The van der Waals surface area contributed by atoms with Gasteiger partial charge in [-0.25, -0.2) is 5.48 Å². The SMILES string of the molecule is CC(C)(N)[C@H](NC(=O)c1ccc(OC/C=C/C#CCCO)cc1)C(=O)NO. The number of nitrogens with two attached hydrogens (primary N) is 1. The van der Waals surface area contributed by atoms with E-state index in [0.29, 0.717) is 24.3 Å². The van der Waals surface area contributed by atoms with E-state index in [9.17, 15) is 9.59 Å². The van der Waals surface area contributed by atoms with Gasteiger partial charge in [-0.1, -0.05) is 11.8 Å². The molecule has 0 bridgehead atoms. The highest BCUT2D eigenvalue weighted by Crippen LogP contribution is 2.13. The third-order valence-corrected chi connectivity index (χ3v) is 3.39. The average molecular weight is 375 g/mol. The Morgan fingerprint density at radius 2 is 2.00 bits per heavy atom. The molecule has 0 saturated carbocycles. The summed E-state index contributed by atoms with van der Waals surface area (Å²) in [6.45, 7) is 3.46. The highest BCUT2D eigenvalue weighted by molar-refractivity contribution is 5.97. The lowest BCUT2D eigenvalue weighted by atomic mass is 9.95. The van der Waals surface area contributed by atoms with Crippen LogP contribution in [0.3, 0.4) is 0 Å². The molecule has 8 heteroatoms. The summed E-state index contributed by atoms with van der Waals surface area (Å²) < 4.78 is 5.49. The Kier molecular flexibility index (Phi) is 9.02. The van der Waals surface area contributed by atoms with Gasteiger partial charge in [0.25, 0.3) is 11.8 Å². The van der Waals surface area contributed by atoms with Crippen molar-refractivity contribution >= 4 is 11.8 Å². The average Bonchev–Trinajstić information content (AvgIpc) is 2.64. The third-order valence-electron chi connectivity index (χ3n) is 3.39. The molecule has 0 heterocycles. The molecule has 8 nitrogen and oxygen atoms in total. The smallest absolute Gasteiger partial charge is 0.267 e. The van der Waals surface area contributed by atoms with Gasteiger partial charge in [0.05, 0.1) is 6.61 Å². The molecule has 1 rings (SSSR count).